The van der Waals surface area contributed by atoms with Crippen LogP contribution < -0.4 is 5.32 Å². The summed E-state index contributed by atoms with van der Waals surface area (Å²) in [6.07, 6.45) is -6.26. The molecule has 1 rings (SSSR count). The van der Waals surface area contributed by atoms with Crippen LogP contribution in [0.5, 0.6) is 0 Å². The van der Waals surface area contributed by atoms with E-state index in [-0.39, 0.29) is 5.56 Å². The van der Waals surface area contributed by atoms with Crippen molar-refractivity contribution in [2.75, 3.05) is 0 Å². The Hall–Kier alpha value is -1.57. The number of aliphatic carboxylic acids is 1. The Morgan fingerprint density at radius 2 is 2.00 bits per heavy atom. The Kier molecular flexibility index (Phi) is 4.56. The van der Waals surface area contributed by atoms with Crippen molar-refractivity contribution in [2.24, 2.45) is 0 Å². The van der Waals surface area contributed by atoms with Crippen LogP contribution >= 0.6 is 11.3 Å². The van der Waals surface area contributed by atoms with Crippen LogP contribution in [0.1, 0.15) is 27.2 Å². The smallest absolute Gasteiger partial charge is 0.391 e. The molecule has 0 saturated carbocycles. The zero-order chi connectivity index (χ0) is 14.8. The number of amides is 1. The standard InChI is InChI=1S/C11H12F3NO3S/c1-5-6(2)19-4-7(5)9(16)15-8(10(17)18)3-11(12,13)14/h4,8H,3H2,1-2H3,(H,15,16)(H,17,18). The van der Waals surface area contributed by atoms with Crippen molar-refractivity contribution in [3.05, 3.63) is 21.4 Å². The van der Waals surface area contributed by atoms with Crippen LogP contribution in [0.25, 0.3) is 0 Å². The Morgan fingerprint density at radius 1 is 1.42 bits per heavy atom. The summed E-state index contributed by atoms with van der Waals surface area (Å²) < 4.78 is 36.6. The van der Waals surface area contributed by atoms with Gasteiger partial charge in [0.1, 0.15) is 6.04 Å². The van der Waals surface area contributed by atoms with Gasteiger partial charge in [-0.05, 0) is 19.4 Å². The van der Waals surface area contributed by atoms with Crippen LogP contribution in [-0.4, -0.2) is 29.2 Å². The number of carboxylic acid groups (broad SMARTS) is 1. The maximum atomic E-state index is 12.2. The quantitative estimate of drug-likeness (QED) is 0.897. The number of carboxylic acids is 1. The summed E-state index contributed by atoms with van der Waals surface area (Å²) in [6, 6.07) is -1.98. The van der Waals surface area contributed by atoms with Crippen molar-refractivity contribution in [3.8, 4) is 0 Å². The molecule has 0 bridgehead atoms. The van der Waals surface area contributed by atoms with Gasteiger partial charge < -0.3 is 10.4 Å². The molecule has 1 heterocycles. The lowest BCUT2D eigenvalue weighted by atomic mass is 10.1. The first-order valence-corrected chi connectivity index (χ1v) is 6.15. The van der Waals surface area contributed by atoms with Gasteiger partial charge in [-0.15, -0.1) is 11.3 Å². The molecule has 1 unspecified atom stereocenters. The summed E-state index contributed by atoms with van der Waals surface area (Å²) in [7, 11) is 0. The second kappa shape index (κ2) is 5.60. The monoisotopic (exact) mass is 295 g/mol. The fraction of sp³-hybridized carbons (Fsp3) is 0.455. The molecule has 0 aromatic carbocycles. The average molecular weight is 295 g/mol. The largest absolute Gasteiger partial charge is 0.480 e. The molecule has 0 aliphatic rings. The first-order valence-electron chi connectivity index (χ1n) is 5.27. The molecular weight excluding hydrogens is 283 g/mol. The predicted octanol–water partition coefficient (Wildman–Crippen LogP) is 2.50. The van der Waals surface area contributed by atoms with Crippen molar-refractivity contribution in [1.82, 2.24) is 5.32 Å². The lowest BCUT2D eigenvalue weighted by molar-refractivity contribution is -0.157. The van der Waals surface area contributed by atoms with Crippen molar-refractivity contribution >= 4 is 23.2 Å². The number of aryl methyl sites for hydroxylation is 1. The number of hydrogen-bond acceptors (Lipinski definition) is 3. The molecule has 1 aromatic rings. The van der Waals surface area contributed by atoms with Crippen LogP contribution in [0, 0.1) is 13.8 Å². The van der Waals surface area contributed by atoms with Gasteiger partial charge in [0.05, 0.1) is 12.0 Å². The number of rotatable bonds is 4. The molecule has 0 aliphatic carbocycles. The Bertz CT molecular complexity index is 496. The van der Waals surface area contributed by atoms with E-state index in [1.54, 1.807) is 13.8 Å². The third kappa shape index (κ3) is 4.23. The minimum atomic E-state index is -4.66. The minimum Gasteiger partial charge on any atom is -0.480 e. The molecule has 0 saturated heterocycles. The third-order valence-corrected chi connectivity index (χ3v) is 3.58. The molecule has 0 aliphatic heterocycles. The Morgan fingerprint density at radius 3 is 2.37 bits per heavy atom. The summed E-state index contributed by atoms with van der Waals surface area (Å²) in [4.78, 5) is 23.3. The number of carbonyl (C=O) groups is 2. The van der Waals surface area contributed by atoms with Gasteiger partial charge in [-0.2, -0.15) is 13.2 Å². The van der Waals surface area contributed by atoms with Crippen molar-refractivity contribution in [2.45, 2.75) is 32.5 Å². The van der Waals surface area contributed by atoms with Crippen molar-refractivity contribution in [1.29, 1.82) is 0 Å². The van der Waals surface area contributed by atoms with Crippen molar-refractivity contribution < 1.29 is 27.9 Å². The van der Waals surface area contributed by atoms with E-state index in [2.05, 4.69) is 0 Å². The third-order valence-electron chi connectivity index (χ3n) is 2.57. The van der Waals surface area contributed by atoms with Gasteiger partial charge in [0.2, 0.25) is 0 Å². The van der Waals surface area contributed by atoms with Gasteiger partial charge >= 0.3 is 12.1 Å². The molecule has 1 amide bonds. The topological polar surface area (TPSA) is 66.4 Å². The van der Waals surface area contributed by atoms with Gasteiger partial charge in [0, 0.05) is 10.3 Å². The summed E-state index contributed by atoms with van der Waals surface area (Å²) in [5.41, 5.74) is 0.842. The first-order chi connectivity index (χ1) is 8.61. The molecule has 106 valence electrons. The zero-order valence-corrected chi connectivity index (χ0v) is 11.0. The molecule has 4 nitrogen and oxygen atoms in total. The van der Waals surface area contributed by atoms with Crippen LogP contribution in [0.3, 0.4) is 0 Å². The molecule has 19 heavy (non-hydrogen) atoms. The van der Waals surface area contributed by atoms with E-state index in [4.69, 9.17) is 5.11 Å². The fourth-order valence-electron chi connectivity index (χ4n) is 1.41. The van der Waals surface area contributed by atoms with Crippen molar-refractivity contribution in [3.63, 3.8) is 0 Å². The van der Waals surface area contributed by atoms with E-state index in [1.807, 2.05) is 5.32 Å². The first kappa shape index (κ1) is 15.5. The number of thiophene rings is 1. The maximum absolute atomic E-state index is 12.2. The molecule has 1 aromatic heterocycles. The zero-order valence-electron chi connectivity index (χ0n) is 10.2. The normalized spacial score (nSPS) is 13.1. The second-order valence-electron chi connectivity index (χ2n) is 4.01. The molecule has 1 atom stereocenters. The Balaban J connectivity index is 2.83. The number of halogens is 3. The number of hydrogen-bond donors (Lipinski definition) is 2. The molecule has 0 fully saturated rings. The van der Waals surface area contributed by atoms with Crippen LogP contribution in [-0.2, 0) is 4.79 Å². The average Bonchev–Trinajstić information content (AvgIpc) is 2.56. The SMILES string of the molecule is Cc1scc(C(=O)NC(CC(F)(F)F)C(=O)O)c1C. The lowest BCUT2D eigenvalue weighted by Crippen LogP contribution is -2.43. The van der Waals surface area contributed by atoms with E-state index in [0.29, 0.717) is 5.56 Å². The van der Waals surface area contributed by atoms with Gasteiger partial charge in [0.15, 0.2) is 0 Å². The van der Waals surface area contributed by atoms with Gasteiger partial charge in [-0.1, -0.05) is 0 Å². The van der Waals surface area contributed by atoms with E-state index in [1.165, 1.54) is 16.7 Å². The molecule has 0 spiro atoms. The summed E-state index contributed by atoms with van der Waals surface area (Å²) >= 11 is 1.28. The summed E-state index contributed by atoms with van der Waals surface area (Å²) in [6.45, 7) is 3.42. The highest BCUT2D eigenvalue weighted by atomic mass is 32.1. The molecule has 0 radical (unpaired) electrons. The highest BCUT2D eigenvalue weighted by Crippen LogP contribution is 2.23. The maximum Gasteiger partial charge on any atom is 0.391 e. The number of alkyl halides is 3. The van der Waals surface area contributed by atoms with Gasteiger partial charge in [0.25, 0.3) is 5.91 Å². The molecule has 2 N–H and O–H groups in total. The number of carbonyl (C=O) groups excluding carboxylic acids is 1. The van der Waals surface area contributed by atoms with Gasteiger partial charge in [-0.25, -0.2) is 4.79 Å². The van der Waals surface area contributed by atoms with Crippen LogP contribution in [0.2, 0.25) is 0 Å². The highest BCUT2D eigenvalue weighted by Gasteiger charge is 2.36. The van der Waals surface area contributed by atoms with Gasteiger partial charge in [-0.3, -0.25) is 4.79 Å². The Labute approximate surface area is 111 Å². The lowest BCUT2D eigenvalue weighted by Gasteiger charge is -2.16. The van der Waals surface area contributed by atoms with E-state index in [9.17, 15) is 22.8 Å². The van der Waals surface area contributed by atoms with E-state index < -0.39 is 30.5 Å². The highest BCUT2D eigenvalue weighted by molar-refractivity contribution is 7.10. The summed E-state index contributed by atoms with van der Waals surface area (Å²) in [5.74, 6) is -2.52. The van der Waals surface area contributed by atoms with E-state index in [0.717, 1.165) is 4.88 Å². The summed E-state index contributed by atoms with van der Waals surface area (Å²) in [5, 5.41) is 12.1. The minimum absolute atomic E-state index is 0.205. The predicted molar refractivity (Wildman–Crippen MR) is 63.4 cm³/mol. The van der Waals surface area contributed by atoms with E-state index >= 15 is 0 Å². The van der Waals surface area contributed by atoms with Crippen LogP contribution in [0.15, 0.2) is 5.38 Å². The van der Waals surface area contributed by atoms with Crippen LogP contribution in [0.4, 0.5) is 13.2 Å². The molecular formula is C11H12F3NO3S. The molecule has 8 heteroatoms. The second-order valence-corrected chi connectivity index (χ2v) is 5.10. The fourth-order valence-corrected chi connectivity index (χ4v) is 2.27. The number of nitrogens with one attached hydrogen (secondary N) is 1.